The summed E-state index contributed by atoms with van der Waals surface area (Å²) in [4.78, 5) is 35.9. The number of carbonyl (C=O) groups excluding carboxylic acids is 2. The summed E-state index contributed by atoms with van der Waals surface area (Å²) < 4.78 is 12.3. The van der Waals surface area contributed by atoms with Crippen LogP contribution in [0, 0.1) is 0 Å². The van der Waals surface area contributed by atoms with Crippen LogP contribution in [-0.4, -0.2) is 53.2 Å². The van der Waals surface area contributed by atoms with Gasteiger partial charge < -0.3 is 15.2 Å². The first-order chi connectivity index (χ1) is 18.3. The molecule has 196 valence electrons. The predicted octanol–water partition coefficient (Wildman–Crippen LogP) is 3.92. The zero-order valence-corrected chi connectivity index (χ0v) is 22.0. The van der Waals surface area contributed by atoms with Crippen LogP contribution in [0.25, 0.3) is 16.9 Å². The first kappa shape index (κ1) is 26.6. The highest BCUT2D eigenvalue weighted by Crippen LogP contribution is 2.34. The summed E-state index contributed by atoms with van der Waals surface area (Å²) in [6.45, 7) is 3.54. The number of nitrogens with two attached hydrogens (primary N) is 1. The number of methoxy groups -OCH3 is 2. The molecule has 38 heavy (non-hydrogen) atoms. The summed E-state index contributed by atoms with van der Waals surface area (Å²) in [5.41, 5.74) is 8.80. The van der Waals surface area contributed by atoms with Crippen molar-refractivity contribution in [1.82, 2.24) is 19.0 Å². The molecule has 0 fully saturated rings. The highest BCUT2D eigenvalue weighted by molar-refractivity contribution is 5.95. The summed E-state index contributed by atoms with van der Waals surface area (Å²) in [5, 5.41) is 0. The van der Waals surface area contributed by atoms with Gasteiger partial charge in [-0.2, -0.15) is 9.47 Å². The summed E-state index contributed by atoms with van der Waals surface area (Å²) in [7, 11) is 3.10. The van der Waals surface area contributed by atoms with Crippen molar-refractivity contribution in [2.24, 2.45) is 5.73 Å². The monoisotopic (exact) mass is 514 g/mol. The van der Waals surface area contributed by atoms with Crippen molar-refractivity contribution < 1.29 is 19.1 Å². The lowest BCUT2D eigenvalue weighted by Crippen LogP contribution is -2.63. The van der Waals surface area contributed by atoms with Crippen molar-refractivity contribution in [2.75, 3.05) is 20.8 Å². The first-order valence-electron chi connectivity index (χ1n) is 12.3. The Balaban J connectivity index is 1.91. The lowest BCUT2D eigenvalue weighted by Gasteiger charge is -2.37. The summed E-state index contributed by atoms with van der Waals surface area (Å²) in [6, 6.07) is 18.3. The molecule has 0 saturated carbocycles. The molecule has 2 amide bonds. The SMILES string of the molecule is COc1ccc(CC(=O)[N+](CC(N)=O)(c2nc(-c3ccncc3)cn2-c2ccccc2)C(C)C)cc1OC. The average Bonchev–Trinajstić information content (AvgIpc) is 3.38. The smallest absolute Gasteiger partial charge is 0.326 e. The van der Waals surface area contributed by atoms with Gasteiger partial charge in [-0.1, -0.05) is 24.3 Å². The number of hydrogen-bond donors (Lipinski definition) is 1. The summed E-state index contributed by atoms with van der Waals surface area (Å²) in [5.74, 6) is 0.651. The molecule has 2 N–H and O–H groups in total. The largest absolute Gasteiger partial charge is 0.493 e. The topological polar surface area (TPSA) is 109 Å². The Bertz CT molecular complexity index is 1420. The number of carbonyl (C=O) groups is 2. The van der Waals surface area contributed by atoms with E-state index in [9.17, 15) is 9.59 Å². The number of imidazole rings is 1. The van der Waals surface area contributed by atoms with Gasteiger partial charge in [-0.25, -0.2) is 4.79 Å². The fraction of sp³-hybridized carbons (Fsp3) is 0.241. The van der Waals surface area contributed by atoms with Crippen LogP contribution in [0.2, 0.25) is 0 Å². The highest BCUT2D eigenvalue weighted by Gasteiger charge is 2.48. The average molecular weight is 515 g/mol. The molecular weight excluding hydrogens is 482 g/mol. The van der Waals surface area contributed by atoms with Gasteiger partial charge in [0.25, 0.3) is 5.91 Å². The van der Waals surface area contributed by atoms with Crippen LogP contribution in [0.15, 0.2) is 79.3 Å². The van der Waals surface area contributed by atoms with Crippen molar-refractivity contribution in [2.45, 2.75) is 26.3 Å². The Labute approximate surface area is 222 Å². The molecule has 4 aromatic rings. The molecule has 0 radical (unpaired) electrons. The molecule has 0 aliphatic rings. The predicted molar refractivity (Wildman–Crippen MR) is 146 cm³/mol. The van der Waals surface area contributed by atoms with Gasteiger partial charge in [-0.3, -0.25) is 14.3 Å². The summed E-state index contributed by atoms with van der Waals surface area (Å²) in [6.07, 6.45) is 5.28. The van der Waals surface area contributed by atoms with E-state index < -0.39 is 5.91 Å². The molecule has 4 rings (SSSR count). The fourth-order valence-corrected chi connectivity index (χ4v) is 4.62. The maximum Gasteiger partial charge on any atom is 0.326 e. The standard InChI is InChI=1S/C29H31N5O4/c1-20(2)34(19-27(30)35,28(36)17-21-10-11-25(37-3)26(16-21)38-4)29-32-24(22-12-14-31-15-13-22)18-33(29)23-8-6-5-7-9-23/h5-16,18,20H,17,19H2,1-4H3,(H-,30,35)/p+1. The molecule has 9 nitrogen and oxygen atoms in total. The van der Waals surface area contributed by atoms with E-state index in [0.29, 0.717) is 28.7 Å². The van der Waals surface area contributed by atoms with Gasteiger partial charge in [0.15, 0.2) is 18.0 Å². The first-order valence-corrected chi connectivity index (χ1v) is 12.3. The third-order valence-corrected chi connectivity index (χ3v) is 6.59. The molecule has 2 heterocycles. The van der Waals surface area contributed by atoms with Gasteiger partial charge in [0.1, 0.15) is 0 Å². The second kappa shape index (κ2) is 11.3. The van der Waals surface area contributed by atoms with Gasteiger partial charge in [0.2, 0.25) is 0 Å². The number of amides is 2. The van der Waals surface area contributed by atoms with Crippen LogP contribution in [0.5, 0.6) is 11.5 Å². The second-order valence-electron chi connectivity index (χ2n) is 9.21. The number of para-hydroxylation sites is 1. The number of quaternary nitrogens is 1. The molecule has 2 aromatic heterocycles. The third kappa shape index (κ3) is 5.14. The van der Waals surface area contributed by atoms with E-state index in [-0.39, 0.29) is 29.4 Å². The van der Waals surface area contributed by atoms with Crippen molar-refractivity contribution in [3.8, 4) is 28.4 Å². The molecule has 1 unspecified atom stereocenters. The van der Waals surface area contributed by atoms with Gasteiger partial charge in [0, 0.05) is 24.2 Å². The van der Waals surface area contributed by atoms with Crippen LogP contribution in [0.3, 0.4) is 0 Å². The fourth-order valence-electron chi connectivity index (χ4n) is 4.62. The molecule has 0 aliphatic carbocycles. The van der Waals surface area contributed by atoms with Crippen LogP contribution in [0.1, 0.15) is 19.4 Å². The minimum Gasteiger partial charge on any atom is -0.493 e. The lowest BCUT2D eigenvalue weighted by atomic mass is 10.1. The van der Waals surface area contributed by atoms with E-state index in [0.717, 1.165) is 11.3 Å². The molecule has 0 spiro atoms. The number of hydrogen-bond acceptors (Lipinski definition) is 6. The molecule has 1 atom stereocenters. The number of aromatic nitrogens is 3. The quantitative estimate of drug-likeness (QED) is 0.321. The minimum atomic E-state index is -0.604. The van der Waals surface area contributed by atoms with Gasteiger partial charge in [0.05, 0.1) is 38.1 Å². The second-order valence-corrected chi connectivity index (χ2v) is 9.21. The highest BCUT2D eigenvalue weighted by atomic mass is 16.5. The number of benzene rings is 2. The Morgan fingerprint density at radius 1 is 0.974 bits per heavy atom. The van der Waals surface area contributed by atoms with E-state index in [1.165, 1.54) is 0 Å². The Hall–Kier alpha value is -4.50. The van der Waals surface area contributed by atoms with Gasteiger partial charge in [-0.05, 0) is 55.8 Å². The molecule has 0 saturated heterocycles. The van der Waals surface area contributed by atoms with E-state index in [4.69, 9.17) is 20.2 Å². The summed E-state index contributed by atoms with van der Waals surface area (Å²) >= 11 is 0. The maximum absolute atomic E-state index is 14.3. The van der Waals surface area contributed by atoms with Crippen molar-refractivity contribution >= 4 is 17.8 Å². The van der Waals surface area contributed by atoms with E-state index in [2.05, 4.69) is 4.98 Å². The van der Waals surface area contributed by atoms with E-state index in [1.54, 1.807) is 38.7 Å². The van der Waals surface area contributed by atoms with Crippen LogP contribution in [-0.2, 0) is 16.0 Å². The number of ether oxygens (including phenoxy) is 2. The Morgan fingerprint density at radius 2 is 1.66 bits per heavy atom. The normalized spacial score (nSPS) is 12.7. The number of pyridine rings is 1. The van der Waals surface area contributed by atoms with Crippen LogP contribution in [0.4, 0.5) is 5.95 Å². The lowest BCUT2D eigenvalue weighted by molar-refractivity contribution is -0.135. The van der Waals surface area contributed by atoms with Gasteiger partial charge >= 0.3 is 11.9 Å². The zero-order valence-electron chi connectivity index (χ0n) is 22.0. The molecular formula is C29H32N5O4+. The zero-order chi connectivity index (χ0) is 27.3. The number of rotatable bonds is 10. The van der Waals surface area contributed by atoms with Crippen molar-refractivity contribution in [1.29, 1.82) is 0 Å². The Kier molecular flexibility index (Phi) is 7.87. The molecule has 0 aliphatic heterocycles. The third-order valence-electron chi connectivity index (χ3n) is 6.59. The van der Waals surface area contributed by atoms with E-state index in [1.807, 2.05) is 73.1 Å². The maximum atomic E-state index is 14.3. The van der Waals surface area contributed by atoms with Crippen LogP contribution < -0.4 is 19.7 Å². The van der Waals surface area contributed by atoms with Crippen molar-refractivity contribution in [3.63, 3.8) is 0 Å². The molecule has 2 aromatic carbocycles. The molecule has 9 heteroatoms. The van der Waals surface area contributed by atoms with Crippen LogP contribution >= 0.6 is 0 Å². The number of primary amides is 1. The van der Waals surface area contributed by atoms with Crippen molar-refractivity contribution in [3.05, 3.63) is 84.8 Å². The van der Waals surface area contributed by atoms with E-state index >= 15 is 0 Å². The number of nitrogens with zero attached hydrogens (tertiary/aromatic N) is 4. The van der Waals surface area contributed by atoms with Gasteiger partial charge in [-0.15, -0.1) is 0 Å². The molecule has 0 bridgehead atoms. The Morgan fingerprint density at radius 3 is 2.26 bits per heavy atom. The minimum absolute atomic E-state index is 0.0258.